The second-order valence-electron chi connectivity index (χ2n) is 5.63. The Kier molecular flexibility index (Phi) is 3.82. The van der Waals surface area contributed by atoms with E-state index in [2.05, 4.69) is 14.6 Å². The molecule has 0 spiro atoms. The van der Waals surface area contributed by atoms with Gasteiger partial charge in [0.2, 0.25) is 0 Å². The molecule has 1 aromatic heterocycles. The number of fused-ring (bicyclic) bond motifs is 1. The van der Waals surface area contributed by atoms with Crippen LogP contribution in [-0.2, 0) is 11.3 Å². The van der Waals surface area contributed by atoms with Crippen molar-refractivity contribution in [3.63, 3.8) is 0 Å². The number of aryl methyl sites for hydroxylation is 1. The van der Waals surface area contributed by atoms with Crippen molar-refractivity contribution >= 4 is 47.1 Å². The first-order valence-corrected chi connectivity index (χ1v) is 8.28. The zero-order valence-electron chi connectivity index (χ0n) is 12.6. The second-order valence-corrected chi connectivity index (χ2v) is 6.51. The molecule has 24 heavy (non-hydrogen) atoms. The highest BCUT2D eigenvalue weighted by Gasteiger charge is 2.40. The standard InChI is InChI=1S/C17H13Cl2N4O/c18-12-3-1-11(2-4-12)14-7-8-22-10-13(19)5-6-16(22)23(14)17-20-9-15(24)21-17/h1-6,9-10,14H,7-8H2/q+1. The Hall–Kier alpha value is -2.24. The van der Waals surface area contributed by atoms with Crippen molar-refractivity contribution in [3.05, 3.63) is 58.2 Å². The number of anilines is 1. The molecule has 5 nitrogen and oxygen atoms in total. The van der Waals surface area contributed by atoms with Gasteiger partial charge in [0.25, 0.3) is 11.7 Å². The average Bonchev–Trinajstić information content (AvgIpc) is 3.00. The van der Waals surface area contributed by atoms with E-state index < -0.39 is 0 Å². The lowest BCUT2D eigenvalue weighted by Crippen LogP contribution is -2.51. The molecule has 1 amide bonds. The summed E-state index contributed by atoms with van der Waals surface area (Å²) >= 11 is 12.1. The third kappa shape index (κ3) is 2.70. The highest BCUT2D eigenvalue weighted by molar-refractivity contribution is 6.36. The topological polar surface area (TPSA) is 48.9 Å². The fourth-order valence-corrected chi connectivity index (χ4v) is 3.39. The van der Waals surface area contributed by atoms with E-state index in [4.69, 9.17) is 23.2 Å². The first kappa shape index (κ1) is 15.3. The van der Waals surface area contributed by atoms with Crippen molar-refractivity contribution in [3.8, 4) is 0 Å². The minimum atomic E-state index is -0.342. The lowest BCUT2D eigenvalue weighted by Gasteiger charge is -2.30. The Morgan fingerprint density at radius 1 is 1.08 bits per heavy atom. The van der Waals surface area contributed by atoms with Crippen molar-refractivity contribution in [2.75, 3.05) is 4.90 Å². The van der Waals surface area contributed by atoms with Crippen molar-refractivity contribution in [2.24, 2.45) is 9.98 Å². The summed E-state index contributed by atoms with van der Waals surface area (Å²) in [6.45, 7) is 0.810. The van der Waals surface area contributed by atoms with E-state index in [-0.39, 0.29) is 11.9 Å². The minimum absolute atomic E-state index is 0.0187. The van der Waals surface area contributed by atoms with Gasteiger partial charge in [-0.25, -0.2) is 4.57 Å². The molecule has 0 N–H and O–H groups in total. The third-order valence-corrected chi connectivity index (χ3v) is 4.61. The maximum atomic E-state index is 11.5. The van der Waals surface area contributed by atoms with E-state index in [0.717, 1.165) is 24.3 Å². The zero-order valence-corrected chi connectivity index (χ0v) is 14.1. The number of rotatable bonds is 1. The predicted molar refractivity (Wildman–Crippen MR) is 93.9 cm³/mol. The van der Waals surface area contributed by atoms with Crippen LogP contribution in [0.3, 0.4) is 0 Å². The molecule has 3 heterocycles. The smallest absolute Gasteiger partial charge is 0.265 e. The second kappa shape index (κ2) is 6.00. The van der Waals surface area contributed by atoms with E-state index in [1.165, 1.54) is 6.21 Å². The van der Waals surface area contributed by atoms with Gasteiger partial charge in [-0.3, -0.25) is 4.79 Å². The highest BCUT2D eigenvalue weighted by atomic mass is 35.5. The summed E-state index contributed by atoms with van der Waals surface area (Å²) < 4.78 is 2.05. The van der Waals surface area contributed by atoms with Crippen molar-refractivity contribution < 1.29 is 9.36 Å². The number of hydrogen-bond donors (Lipinski definition) is 0. The molecule has 0 saturated heterocycles. The number of nitrogens with zero attached hydrogens (tertiary/aromatic N) is 4. The molecule has 2 aromatic rings. The molecule has 120 valence electrons. The molecular formula is C17H13Cl2N4O+. The van der Waals surface area contributed by atoms with Gasteiger partial charge in [0.05, 0.1) is 11.6 Å². The molecule has 1 atom stereocenters. The van der Waals surface area contributed by atoms with Gasteiger partial charge in [0.1, 0.15) is 18.5 Å². The Morgan fingerprint density at radius 2 is 1.83 bits per heavy atom. The third-order valence-electron chi connectivity index (χ3n) is 4.14. The molecule has 0 aliphatic carbocycles. The Labute approximate surface area is 148 Å². The summed E-state index contributed by atoms with van der Waals surface area (Å²) in [6, 6.07) is 11.5. The van der Waals surface area contributed by atoms with Crippen LogP contribution in [0.4, 0.5) is 5.82 Å². The van der Waals surface area contributed by atoms with Crippen LogP contribution in [0.15, 0.2) is 52.6 Å². The van der Waals surface area contributed by atoms with Gasteiger partial charge >= 0.3 is 5.96 Å². The van der Waals surface area contributed by atoms with Crippen LogP contribution >= 0.6 is 23.2 Å². The zero-order chi connectivity index (χ0) is 16.7. The van der Waals surface area contributed by atoms with Gasteiger partial charge in [-0.15, -0.1) is 4.99 Å². The Balaban J connectivity index is 1.83. The molecule has 7 heteroatoms. The minimum Gasteiger partial charge on any atom is -0.265 e. The Bertz CT molecular complexity index is 877. The Morgan fingerprint density at radius 3 is 2.54 bits per heavy atom. The number of carbonyl (C=O) groups is 1. The number of benzene rings is 1. The van der Waals surface area contributed by atoms with E-state index in [0.29, 0.717) is 16.0 Å². The van der Waals surface area contributed by atoms with Crippen LogP contribution in [0.1, 0.15) is 18.0 Å². The summed E-state index contributed by atoms with van der Waals surface area (Å²) in [6.07, 6.45) is 3.95. The average molecular weight is 360 g/mol. The van der Waals surface area contributed by atoms with Gasteiger partial charge in [-0.1, -0.05) is 35.3 Å². The highest BCUT2D eigenvalue weighted by Crippen LogP contribution is 2.33. The number of halogens is 2. The van der Waals surface area contributed by atoms with Crippen LogP contribution < -0.4 is 9.47 Å². The van der Waals surface area contributed by atoms with E-state index in [1.807, 2.05) is 47.5 Å². The van der Waals surface area contributed by atoms with Crippen molar-refractivity contribution in [1.82, 2.24) is 0 Å². The maximum Gasteiger partial charge on any atom is 0.325 e. The fraction of sp³-hybridized carbons (Fsp3) is 0.176. The number of amides is 1. The summed E-state index contributed by atoms with van der Waals surface area (Å²) in [7, 11) is 0. The largest absolute Gasteiger partial charge is 0.325 e. The number of pyridine rings is 1. The van der Waals surface area contributed by atoms with Crippen molar-refractivity contribution in [2.45, 2.75) is 19.0 Å². The molecule has 2 aliphatic rings. The molecule has 0 radical (unpaired) electrons. The predicted octanol–water partition coefficient (Wildman–Crippen LogP) is 3.20. The van der Waals surface area contributed by atoms with Gasteiger partial charge in [0, 0.05) is 17.5 Å². The summed E-state index contributed by atoms with van der Waals surface area (Å²) in [5, 5.41) is 1.35. The number of aliphatic imine (C=N–C) groups is 2. The summed E-state index contributed by atoms with van der Waals surface area (Å²) in [5.74, 6) is 0.956. The first-order chi connectivity index (χ1) is 11.6. The van der Waals surface area contributed by atoms with Gasteiger partial charge in [0.15, 0.2) is 0 Å². The number of hydrogen-bond acceptors (Lipinski definition) is 3. The molecule has 1 unspecified atom stereocenters. The van der Waals surface area contributed by atoms with Crippen LogP contribution in [0.5, 0.6) is 0 Å². The normalized spacial score (nSPS) is 19.4. The molecule has 4 rings (SSSR count). The molecule has 1 aromatic carbocycles. The van der Waals surface area contributed by atoms with Crippen LogP contribution in [-0.4, -0.2) is 18.1 Å². The number of guanidine groups is 1. The van der Waals surface area contributed by atoms with Crippen molar-refractivity contribution in [1.29, 1.82) is 0 Å². The number of aromatic nitrogens is 1. The molecule has 0 fully saturated rings. The van der Waals surface area contributed by atoms with Gasteiger partial charge < -0.3 is 0 Å². The molecular weight excluding hydrogens is 347 g/mol. The lowest BCUT2D eigenvalue weighted by molar-refractivity contribution is -0.689. The van der Waals surface area contributed by atoms with Crippen LogP contribution in [0.2, 0.25) is 10.0 Å². The summed E-state index contributed by atoms with van der Waals surface area (Å²) in [4.78, 5) is 21.7. The van der Waals surface area contributed by atoms with E-state index in [1.54, 1.807) is 0 Å². The van der Waals surface area contributed by atoms with Crippen LogP contribution in [0.25, 0.3) is 0 Å². The molecule has 0 bridgehead atoms. The van der Waals surface area contributed by atoms with E-state index in [9.17, 15) is 4.79 Å². The van der Waals surface area contributed by atoms with Gasteiger partial charge in [-0.2, -0.15) is 9.89 Å². The number of carbonyl (C=O) groups excluding carboxylic acids is 1. The molecule has 0 saturated carbocycles. The maximum absolute atomic E-state index is 11.5. The summed E-state index contributed by atoms with van der Waals surface area (Å²) in [5.41, 5.74) is 1.10. The SMILES string of the molecule is O=C1C=NC(N2c3ccc(Cl)c[n+]3CCC2c2ccc(Cl)cc2)=N1. The van der Waals surface area contributed by atoms with Gasteiger partial charge in [-0.05, 0) is 23.8 Å². The monoisotopic (exact) mass is 359 g/mol. The van der Waals surface area contributed by atoms with Crippen LogP contribution in [0, 0.1) is 0 Å². The first-order valence-electron chi connectivity index (χ1n) is 7.52. The fourth-order valence-electron chi connectivity index (χ4n) is 3.08. The molecule has 2 aliphatic heterocycles. The van der Waals surface area contributed by atoms with E-state index >= 15 is 0 Å². The lowest BCUT2D eigenvalue weighted by atomic mass is 10.00. The quantitative estimate of drug-likeness (QED) is 0.734.